The molecular formula is C56H96O56S16. The van der Waals surface area contributed by atoms with Crippen LogP contribution in [0.2, 0.25) is 0 Å². The fraction of sp³-hybridized carbons (Fsp3) is 1.00. The average Bonchev–Trinajstić information content (AvgIpc) is 0.769. The van der Waals surface area contributed by atoms with Gasteiger partial charge in [-0.25, -0.2) is 0 Å². The number of rotatable bonds is 32. The highest BCUT2D eigenvalue weighted by atomic mass is 32.3. The van der Waals surface area contributed by atoms with Gasteiger partial charge in [0.2, 0.25) is 0 Å². The van der Waals surface area contributed by atoms with E-state index in [1.807, 2.05) is 0 Å². The van der Waals surface area contributed by atoms with Crippen LogP contribution < -0.4 is 0 Å². The zero-order chi connectivity index (χ0) is 95.4. The first-order valence-electron chi connectivity index (χ1n) is 36.7. The van der Waals surface area contributed by atoms with Crippen molar-refractivity contribution in [1.29, 1.82) is 0 Å². The van der Waals surface area contributed by atoms with E-state index >= 15 is 0 Å². The van der Waals surface area contributed by atoms with Crippen LogP contribution in [0.25, 0.3) is 0 Å². The molecule has 72 heteroatoms. The van der Waals surface area contributed by atoms with E-state index in [4.69, 9.17) is 75.8 Å². The standard InChI is InChI=1S/C56H96O56S16/c57-25-33(65)49-97-17(1-113-9-121(73,74)75)41(25)105-50-34(66)26(58)43(19(98-50)3-115-11-123(79,80)81)107-52-36(68)28(60)45(21(100-52)5-117-13-125(85,86)87)109-54-38(70)30(62)47(23(102-54)7-119-15-127(91,92)93)111-56-40(72)32(64)48(24(104-56)8-120-16-128(94,95)96)112-55-39(71)31(63)46(22(103-55)6-118-14-126(88,89)90)110-53-37(69)29(61)44(20(101-53)4-116-12-124(82,83)84)108-51-35(67)27(59)42(106-49)18(99-51)2-114-10-122(76,77)78/h17-72H,1-16H2,(H,73,74,75)(H,76,77,78)(H,79,80,81)(H,82,83,84)(H,85,86,87)(H,88,89,90)(H,91,92,93)(H,94,95,96)/t17-,18-,19-,20-,21-,22-,23-,24-,25-,26-,27-,28-,29-,30-,31-,32-,33-,34-,35-,36-,37-,38-,39-,40+,41-,42-,43-,44-,45-,46-,47-,48-,49-,50-,51-,52-,53-,54-,55-,56-/m0/s1. The Morgan fingerprint density at radius 1 is 0.148 bits per heavy atom. The highest BCUT2D eigenvalue weighted by Gasteiger charge is 2.61. The molecule has 0 radical (unpaired) electrons. The van der Waals surface area contributed by atoms with E-state index in [2.05, 4.69) is 0 Å². The lowest BCUT2D eigenvalue weighted by Gasteiger charge is -2.51. The second-order valence-corrected chi connectivity index (χ2v) is 52.3. The minimum absolute atomic E-state index is 0.268. The SMILES string of the molecule is O=S(=O)(O)CSC[C@@H]1O[C@H]2O[C@@H]3[C@@H](O)[C@H](O)[C@H](O[C@@H]4[C@@H](O)[C@H](O)[C@H](O[C@@H]5[C@@H](O)[C@H](O)[C@H](O[C@@H]6[C@@H](O)[C@@H](O)[C@H](O[C@@H]7[C@@H](O)[C@H](O)[C@H](O[C@@H]8[C@@H](O)[C@H](O)[C@H](O[C@@H]9[C@@H](O)[C@H](O)[C@H](O[C@@H]1[C@@H](O)[C@@H]2O)O[C@H]9CSCS(=O)(=O)O)O[C@H]8CSCS(=O)(=O)O)O[C@H]7CSCS(=O)(=O)O)O[C@H]6CSCS(=O)(=O)O)O[C@H]5CSCS(=O)(=O)O)O[C@H]4CSCS(=O)(=O)O)O[C@H]3CSCS(=O)(=O)O. The molecule has 56 nitrogen and oxygen atoms in total. The predicted molar refractivity (Wildman–Crippen MR) is 435 cm³/mol. The first-order valence-corrected chi connectivity index (χ1v) is 58.8. The van der Waals surface area contributed by atoms with Crippen molar-refractivity contribution in [3.8, 4) is 0 Å². The molecule has 30 rings (SSSR count). The van der Waals surface area contributed by atoms with Crippen LogP contribution in [0.3, 0.4) is 0 Å². The lowest BCUT2D eigenvalue weighted by Crippen LogP contribution is -2.69. The van der Waals surface area contributed by atoms with Gasteiger partial charge in [-0.2, -0.15) is 67.3 Å². The van der Waals surface area contributed by atoms with Crippen LogP contribution in [-0.4, -0.2) is 518 Å². The molecule has 0 aromatic rings. The second kappa shape index (κ2) is 47.1. The molecule has 30 saturated heterocycles. The maximum Gasteiger partial charge on any atom is 0.274 e. The zero-order valence-corrected chi connectivity index (χ0v) is 77.8. The molecule has 16 bridgehead atoms. The Morgan fingerprint density at radius 2 is 0.234 bits per heavy atom. The van der Waals surface area contributed by atoms with Crippen molar-refractivity contribution in [3.05, 3.63) is 0 Å². The smallest absolute Gasteiger partial charge is 0.274 e. The van der Waals surface area contributed by atoms with Gasteiger partial charge in [0.15, 0.2) is 50.3 Å². The van der Waals surface area contributed by atoms with Crippen LogP contribution in [0, 0.1) is 0 Å². The van der Waals surface area contributed by atoms with Gasteiger partial charge in [-0.05, 0) is 0 Å². The Bertz CT molecular complexity index is 3690. The molecule has 752 valence electrons. The van der Waals surface area contributed by atoms with Crippen LogP contribution in [0.5, 0.6) is 0 Å². The van der Waals surface area contributed by atoms with E-state index < -0.39 is 413 Å². The third-order valence-corrected chi connectivity index (χ3v) is 38.9. The molecule has 0 aliphatic carbocycles. The minimum Gasteiger partial charge on any atom is -0.387 e. The Hall–Kier alpha value is 0.800. The molecule has 0 spiro atoms. The van der Waals surface area contributed by atoms with Crippen molar-refractivity contribution >= 4 is 175 Å². The molecule has 0 unspecified atom stereocenters. The molecule has 128 heavy (non-hydrogen) atoms. The van der Waals surface area contributed by atoms with Gasteiger partial charge in [0.25, 0.3) is 80.9 Å². The summed E-state index contributed by atoms with van der Waals surface area (Å²) < 4.78 is 368. The van der Waals surface area contributed by atoms with Crippen molar-refractivity contribution in [3.63, 3.8) is 0 Å². The van der Waals surface area contributed by atoms with Crippen LogP contribution in [-0.2, 0) is 157 Å². The number of hydrogen-bond donors (Lipinski definition) is 24. The van der Waals surface area contributed by atoms with Gasteiger partial charge in [-0.3, -0.25) is 36.4 Å². The van der Waals surface area contributed by atoms with Crippen LogP contribution in [0.4, 0.5) is 0 Å². The minimum atomic E-state index is -4.95. The number of ether oxygens (including phenoxy) is 16. The van der Waals surface area contributed by atoms with Gasteiger partial charge >= 0.3 is 0 Å². The maximum absolute atomic E-state index is 12.1. The van der Waals surface area contributed by atoms with Crippen molar-refractivity contribution in [1.82, 2.24) is 0 Å². The van der Waals surface area contributed by atoms with Gasteiger partial charge in [0, 0.05) is 46.0 Å². The van der Waals surface area contributed by atoms with Crippen LogP contribution in [0.1, 0.15) is 0 Å². The summed E-state index contributed by atoms with van der Waals surface area (Å²) in [6.45, 7) is 0. The maximum atomic E-state index is 12.1. The Kier molecular flexibility index (Phi) is 41.4. The molecule has 40 atom stereocenters. The quantitative estimate of drug-likeness (QED) is 0.0278. The summed E-state index contributed by atoms with van der Waals surface area (Å²) in [5, 5.41) is 183. The van der Waals surface area contributed by atoms with E-state index in [-0.39, 0.29) is 94.1 Å². The van der Waals surface area contributed by atoms with Gasteiger partial charge < -0.3 is 157 Å². The van der Waals surface area contributed by atoms with Gasteiger partial charge in [-0.15, -0.1) is 94.1 Å². The van der Waals surface area contributed by atoms with Gasteiger partial charge in [-0.1, -0.05) is 0 Å². The van der Waals surface area contributed by atoms with E-state index in [1.54, 1.807) is 0 Å². The summed E-state index contributed by atoms with van der Waals surface area (Å²) in [7, 11) is -39.6. The largest absolute Gasteiger partial charge is 0.387 e. The molecule has 24 N–H and O–H groups in total. The lowest BCUT2D eigenvalue weighted by atomic mass is 9.95. The molecular weight excluding hydrogens is 2080 g/mol. The van der Waals surface area contributed by atoms with Crippen molar-refractivity contribution < 1.29 is 261 Å². The van der Waals surface area contributed by atoms with Crippen molar-refractivity contribution in [2.45, 2.75) is 246 Å². The normalized spacial score (nSPS) is 42.8. The highest BCUT2D eigenvalue weighted by Crippen LogP contribution is 2.43. The monoisotopic (exact) mass is 2180 g/mol. The zero-order valence-electron chi connectivity index (χ0n) is 64.7. The van der Waals surface area contributed by atoms with E-state index in [0.29, 0.717) is 0 Å². The number of hydrogen-bond acceptors (Lipinski definition) is 56. The summed E-state index contributed by atoms with van der Waals surface area (Å²) in [4.78, 5) is 0. The Balaban J connectivity index is 1.14. The summed E-state index contributed by atoms with van der Waals surface area (Å²) >= 11 is 2.15. The fourth-order valence-corrected chi connectivity index (χ4v) is 27.8. The second-order valence-electron chi connectivity index (χ2n) is 29.6. The summed E-state index contributed by atoms with van der Waals surface area (Å²) in [6.07, 6.45) is -94.8. The average molecular weight is 2180 g/mol. The first-order chi connectivity index (χ1) is 59.1. The molecule has 0 aromatic heterocycles. The third-order valence-electron chi connectivity index (χ3n) is 19.6. The molecule has 0 amide bonds. The Morgan fingerprint density at radius 3 is 0.312 bits per heavy atom. The topological polar surface area (TPSA) is 906 Å². The molecule has 0 saturated carbocycles. The number of aliphatic hydroxyl groups excluding tert-OH is 16. The fourth-order valence-electron chi connectivity index (χ4n) is 14.0. The molecule has 0 aromatic carbocycles. The molecule has 30 aliphatic rings. The molecule has 30 fully saturated rings. The summed E-state index contributed by atoms with van der Waals surface area (Å²) in [5.74, 6) is -6.69. The van der Waals surface area contributed by atoms with Crippen molar-refractivity contribution in [2.24, 2.45) is 0 Å². The van der Waals surface area contributed by atoms with Crippen molar-refractivity contribution in [2.75, 3.05) is 86.7 Å². The summed E-state index contributed by atoms with van der Waals surface area (Å²) in [5.41, 5.74) is 0. The predicted octanol–water partition coefficient (Wildman–Crippen LogP) is -12.7. The van der Waals surface area contributed by atoms with Gasteiger partial charge in [0.1, 0.15) is 187 Å². The summed E-state index contributed by atoms with van der Waals surface area (Å²) in [6, 6.07) is 0. The van der Waals surface area contributed by atoms with E-state index in [1.165, 1.54) is 0 Å². The Labute approximate surface area is 762 Å². The number of aliphatic hydroxyl groups is 16. The van der Waals surface area contributed by atoms with Gasteiger partial charge in [0.05, 0.1) is 48.8 Å². The lowest BCUT2D eigenvalue weighted by molar-refractivity contribution is -0.396. The molecule has 30 heterocycles. The van der Waals surface area contributed by atoms with Crippen LogP contribution in [0.15, 0.2) is 0 Å². The molecule has 30 aliphatic heterocycles. The third kappa shape index (κ3) is 32.4. The van der Waals surface area contributed by atoms with E-state index in [0.717, 1.165) is 0 Å². The number of thioether (sulfide) groups is 8. The first kappa shape index (κ1) is 112. The highest BCUT2D eigenvalue weighted by molar-refractivity contribution is 8.13. The van der Waals surface area contributed by atoms with Crippen LogP contribution >= 0.6 is 94.1 Å². The van der Waals surface area contributed by atoms with E-state index in [9.17, 15) is 185 Å².